The lowest BCUT2D eigenvalue weighted by Crippen LogP contribution is -2.34. The third-order valence-corrected chi connectivity index (χ3v) is 7.31. The summed E-state index contributed by atoms with van der Waals surface area (Å²) in [6.07, 6.45) is -4.29. The Bertz CT molecular complexity index is 1100. The lowest BCUT2D eigenvalue weighted by molar-refractivity contribution is -0.137. The molecule has 2 amide bonds. The maximum Gasteiger partial charge on any atom is 0.417 e. The van der Waals surface area contributed by atoms with Crippen LogP contribution in [-0.4, -0.2) is 54.3 Å². The number of halogens is 5. The first kappa shape index (κ1) is 24.8. The van der Waals surface area contributed by atoms with Gasteiger partial charge in [-0.05, 0) is 48.6 Å². The number of alkyl halides is 3. The molecule has 0 saturated carbocycles. The number of likely N-dealkylation sites (tertiary alicyclic amines) is 2. The van der Waals surface area contributed by atoms with Crippen LogP contribution < -0.4 is 5.32 Å². The van der Waals surface area contributed by atoms with Crippen molar-refractivity contribution in [1.82, 2.24) is 9.80 Å². The summed E-state index contributed by atoms with van der Waals surface area (Å²) >= 11 is 12.0. The predicted molar refractivity (Wildman–Crippen MR) is 125 cm³/mol. The van der Waals surface area contributed by atoms with Gasteiger partial charge >= 0.3 is 6.18 Å². The summed E-state index contributed by atoms with van der Waals surface area (Å²) in [5, 5.41) is 2.89. The molecule has 2 aromatic rings. The van der Waals surface area contributed by atoms with E-state index in [4.69, 9.17) is 23.2 Å². The van der Waals surface area contributed by atoms with Gasteiger partial charge in [-0.2, -0.15) is 13.2 Å². The van der Waals surface area contributed by atoms with Crippen molar-refractivity contribution in [2.75, 3.05) is 38.0 Å². The summed E-state index contributed by atoms with van der Waals surface area (Å²) in [5.41, 5.74) is 0.463. The minimum absolute atomic E-state index is 0.104. The fraction of sp³-hybridized carbons (Fsp3) is 0.417. The van der Waals surface area contributed by atoms with Crippen molar-refractivity contribution < 1.29 is 22.8 Å². The third-order valence-electron chi connectivity index (χ3n) is 6.49. The Morgan fingerprint density at radius 1 is 1.06 bits per heavy atom. The Balaban J connectivity index is 1.28. The van der Waals surface area contributed by atoms with Gasteiger partial charge in [0.05, 0.1) is 16.1 Å². The van der Waals surface area contributed by atoms with Crippen molar-refractivity contribution in [3.63, 3.8) is 0 Å². The van der Waals surface area contributed by atoms with Gasteiger partial charge in [0.15, 0.2) is 0 Å². The van der Waals surface area contributed by atoms with E-state index in [1.165, 1.54) is 12.1 Å². The first-order valence-electron chi connectivity index (χ1n) is 11.0. The van der Waals surface area contributed by atoms with Crippen molar-refractivity contribution in [3.8, 4) is 0 Å². The number of nitrogens with one attached hydrogen (secondary N) is 1. The number of amides is 2. The zero-order valence-corrected chi connectivity index (χ0v) is 20.0. The molecule has 2 fully saturated rings. The minimum Gasteiger partial charge on any atom is -0.338 e. The Morgan fingerprint density at radius 3 is 2.35 bits per heavy atom. The van der Waals surface area contributed by atoms with Crippen LogP contribution in [0.3, 0.4) is 0 Å². The van der Waals surface area contributed by atoms with Crippen LogP contribution in [0.5, 0.6) is 0 Å². The molecule has 2 aromatic carbocycles. The fourth-order valence-electron chi connectivity index (χ4n) is 4.68. The molecule has 182 valence electrons. The van der Waals surface area contributed by atoms with E-state index in [0.29, 0.717) is 36.8 Å². The van der Waals surface area contributed by atoms with Crippen molar-refractivity contribution in [2.45, 2.75) is 19.5 Å². The molecule has 2 saturated heterocycles. The molecule has 2 unspecified atom stereocenters. The molecular weight excluding hydrogens is 490 g/mol. The molecule has 0 aliphatic carbocycles. The second kappa shape index (κ2) is 9.76. The highest BCUT2D eigenvalue weighted by Gasteiger charge is 2.42. The number of nitrogens with zero attached hydrogens (tertiary/aromatic N) is 2. The fourth-order valence-corrected chi connectivity index (χ4v) is 5.17. The molecule has 2 atom stereocenters. The van der Waals surface area contributed by atoms with Crippen LogP contribution in [-0.2, 0) is 11.0 Å². The van der Waals surface area contributed by atoms with Crippen molar-refractivity contribution >= 4 is 40.7 Å². The van der Waals surface area contributed by atoms with Crippen LogP contribution >= 0.6 is 23.2 Å². The molecule has 4 rings (SSSR count). The molecule has 2 aliphatic rings. The first-order valence-corrected chi connectivity index (χ1v) is 11.7. The maximum atomic E-state index is 13.1. The van der Waals surface area contributed by atoms with E-state index >= 15 is 0 Å². The van der Waals surface area contributed by atoms with Gasteiger partial charge in [-0.25, -0.2) is 0 Å². The summed E-state index contributed by atoms with van der Waals surface area (Å²) in [6, 6.07) is 8.79. The quantitative estimate of drug-likeness (QED) is 0.585. The van der Waals surface area contributed by atoms with Crippen LogP contribution in [0.4, 0.5) is 18.9 Å². The second-order valence-electron chi connectivity index (χ2n) is 8.92. The van der Waals surface area contributed by atoms with Crippen LogP contribution in [0.25, 0.3) is 0 Å². The summed E-state index contributed by atoms with van der Waals surface area (Å²) in [5.74, 6) is -0.152. The highest BCUT2D eigenvalue weighted by atomic mass is 35.5. The van der Waals surface area contributed by atoms with E-state index in [1.54, 1.807) is 11.0 Å². The molecule has 0 bridgehead atoms. The molecular formula is C24H24Cl2F3N3O2. The summed E-state index contributed by atoms with van der Waals surface area (Å²) in [6.45, 7) is 4.86. The number of carbonyl (C=O) groups excluding carboxylic acids is 2. The van der Waals surface area contributed by atoms with Gasteiger partial charge in [0.1, 0.15) is 0 Å². The lowest BCUT2D eigenvalue weighted by atomic mass is 10.0. The molecule has 10 heteroatoms. The average molecular weight is 514 g/mol. The maximum absolute atomic E-state index is 13.1. The lowest BCUT2D eigenvalue weighted by Gasteiger charge is -2.22. The SMILES string of the molecule is Cc1ccc(NC(=O)CCN2CC3CN(C(=O)c4cccc(C(F)(F)F)c4Cl)CC3C2)cc1Cl. The normalized spacial score (nSPS) is 20.5. The smallest absolute Gasteiger partial charge is 0.338 e. The average Bonchev–Trinajstić information content (AvgIpc) is 3.33. The van der Waals surface area contributed by atoms with Gasteiger partial charge in [-0.1, -0.05) is 35.3 Å². The third kappa shape index (κ3) is 5.34. The number of hydrogen-bond acceptors (Lipinski definition) is 3. The number of benzene rings is 2. The Morgan fingerprint density at radius 2 is 1.74 bits per heavy atom. The number of hydrogen-bond donors (Lipinski definition) is 1. The van der Waals surface area contributed by atoms with E-state index < -0.39 is 22.7 Å². The number of anilines is 1. The Labute approximate surface area is 205 Å². The minimum atomic E-state index is -4.62. The highest BCUT2D eigenvalue weighted by Crippen LogP contribution is 2.38. The standard InChI is InChI=1S/C24H24Cl2F3N3O2/c1-14-5-6-17(9-20(14)25)30-21(33)7-8-31-10-15-12-32(13-16(15)11-31)23(34)18-3-2-4-19(22(18)26)24(27,28)29/h2-6,9,15-16H,7-8,10-13H2,1H3,(H,30,33). The van der Waals surface area contributed by atoms with Crippen LogP contribution in [0.15, 0.2) is 36.4 Å². The van der Waals surface area contributed by atoms with E-state index in [0.717, 1.165) is 24.7 Å². The zero-order chi connectivity index (χ0) is 24.6. The monoisotopic (exact) mass is 513 g/mol. The van der Waals surface area contributed by atoms with Gasteiger partial charge in [-0.3, -0.25) is 9.59 Å². The summed E-state index contributed by atoms with van der Waals surface area (Å²) in [4.78, 5) is 29.0. The second-order valence-corrected chi connectivity index (χ2v) is 9.70. The number of aryl methyl sites for hydroxylation is 1. The molecule has 2 aliphatic heterocycles. The van der Waals surface area contributed by atoms with Crippen LogP contribution in [0.1, 0.15) is 27.9 Å². The highest BCUT2D eigenvalue weighted by molar-refractivity contribution is 6.34. The van der Waals surface area contributed by atoms with E-state index in [9.17, 15) is 22.8 Å². The van der Waals surface area contributed by atoms with E-state index in [-0.39, 0.29) is 23.3 Å². The Hall–Kier alpha value is -2.29. The number of rotatable bonds is 5. The van der Waals surface area contributed by atoms with Gasteiger partial charge in [0.25, 0.3) is 5.91 Å². The number of carbonyl (C=O) groups is 2. The van der Waals surface area contributed by atoms with Crippen molar-refractivity contribution in [1.29, 1.82) is 0 Å². The summed E-state index contributed by atoms with van der Waals surface area (Å²) < 4.78 is 39.4. The van der Waals surface area contributed by atoms with Gasteiger partial charge in [0, 0.05) is 49.9 Å². The van der Waals surface area contributed by atoms with Crippen molar-refractivity contribution in [3.05, 3.63) is 63.1 Å². The number of fused-ring (bicyclic) bond motifs is 1. The molecule has 1 N–H and O–H groups in total. The van der Waals surface area contributed by atoms with Gasteiger partial charge in [0.2, 0.25) is 5.91 Å². The van der Waals surface area contributed by atoms with Crippen LogP contribution in [0, 0.1) is 18.8 Å². The summed E-state index contributed by atoms with van der Waals surface area (Å²) in [7, 11) is 0. The topological polar surface area (TPSA) is 52.7 Å². The molecule has 5 nitrogen and oxygen atoms in total. The van der Waals surface area contributed by atoms with E-state index in [2.05, 4.69) is 10.2 Å². The molecule has 34 heavy (non-hydrogen) atoms. The van der Waals surface area contributed by atoms with Gasteiger partial charge < -0.3 is 15.1 Å². The van der Waals surface area contributed by atoms with E-state index in [1.807, 2.05) is 19.1 Å². The molecule has 0 radical (unpaired) electrons. The van der Waals surface area contributed by atoms with Crippen LogP contribution in [0.2, 0.25) is 10.0 Å². The predicted octanol–water partition coefficient (Wildman–Crippen LogP) is 5.35. The first-order chi connectivity index (χ1) is 16.0. The largest absolute Gasteiger partial charge is 0.417 e. The zero-order valence-electron chi connectivity index (χ0n) is 18.5. The van der Waals surface area contributed by atoms with Gasteiger partial charge in [-0.15, -0.1) is 0 Å². The molecule has 2 heterocycles. The molecule has 0 aromatic heterocycles. The molecule has 0 spiro atoms. The Kier molecular flexibility index (Phi) is 7.12. The van der Waals surface area contributed by atoms with Crippen molar-refractivity contribution in [2.24, 2.45) is 11.8 Å².